The largest absolute Gasteiger partial charge is 0.482 e. The van der Waals surface area contributed by atoms with Crippen molar-refractivity contribution in [2.45, 2.75) is 0 Å². The van der Waals surface area contributed by atoms with Gasteiger partial charge in [-0.2, -0.15) is 5.32 Å². The number of rotatable bonds is 1. The average Bonchev–Trinajstić information content (AvgIpc) is 2.54. The molecule has 0 aromatic carbocycles. The van der Waals surface area contributed by atoms with Gasteiger partial charge >= 0.3 is 0 Å². The predicted octanol–water partition coefficient (Wildman–Crippen LogP) is 1.94. The summed E-state index contributed by atoms with van der Waals surface area (Å²) >= 11 is 5.81. The molecule has 1 aromatic heterocycles. The summed E-state index contributed by atoms with van der Waals surface area (Å²) in [6.45, 7) is 0. The molecule has 0 bridgehead atoms. The van der Waals surface area contributed by atoms with Crippen LogP contribution in [0.15, 0.2) is 6.20 Å². The number of hydrogen-bond donors (Lipinski definition) is 1. The highest BCUT2D eigenvalue weighted by Gasteiger charge is 2.26. The number of nitrogens with zero attached hydrogens (tertiary/aromatic N) is 1. The van der Waals surface area contributed by atoms with Crippen molar-refractivity contribution < 1.29 is 4.74 Å². The van der Waals surface area contributed by atoms with E-state index in [1.54, 1.807) is 19.4 Å². The zero-order valence-corrected chi connectivity index (χ0v) is 7.14. The Labute approximate surface area is 75.0 Å². The van der Waals surface area contributed by atoms with Gasteiger partial charge in [-0.1, -0.05) is 0 Å². The highest BCUT2D eigenvalue weighted by molar-refractivity contribution is 6.32. The minimum atomic E-state index is 0.437. The molecule has 1 aromatic rings. The van der Waals surface area contributed by atoms with Crippen LogP contribution in [0.25, 0.3) is 6.08 Å². The van der Waals surface area contributed by atoms with Crippen LogP contribution in [0.5, 0.6) is 5.75 Å². The Bertz CT molecular complexity index is 349. The van der Waals surface area contributed by atoms with Crippen molar-refractivity contribution in [2.24, 2.45) is 0 Å². The number of hydrogen-bond acceptors (Lipinski definition) is 3. The lowest BCUT2D eigenvalue weighted by Crippen LogP contribution is -1.92. The lowest BCUT2D eigenvalue weighted by atomic mass is 10.2. The minimum Gasteiger partial charge on any atom is -0.482 e. The molecule has 0 fully saturated rings. The summed E-state index contributed by atoms with van der Waals surface area (Å²) < 4.78 is 5.08. The van der Waals surface area contributed by atoms with Crippen LogP contribution in [-0.4, -0.2) is 12.1 Å². The van der Waals surface area contributed by atoms with Crippen molar-refractivity contribution in [3.8, 4) is 5.75 Å². The maximum Gasteiger partial charge on any atom is 0.240 e. The van der Waals surface area contributed by atoms with E-state index in [2.05, 4.69) is 16.5 Å². The Morgan fingerprint density at radius 3 is 3.25 bits per heavy atom. The van der Waals surface area contributed by atoms with Crippen LogP contribution in [-0.2, 0) is 0 Å². The molecule has 60 valence electrons. The molecule has 1 aliphatic rings. The molecule has 0 unspecified atom stereocenters. The van der Waals surface area contributed by atoms with Crippen LogP contribution in [0.2, 0.25) is 5.15 Å². The van der Waals surface area contributed by atoms with Crippen molar-refractivity contribution >= 4 is 23.4 Å². The van der Waals surface area contributed by atoms with Crippen molar-refractivity contribution in [3.63, 3.8) is 0 Å². The summed E-state index contributed by atoms with van der Waals surface area (Å²) in [5, 5.41) is 3.30. The van der Waals surface area contributed by atoms with E-state index in [-0.39, 0.29) is 0 Å². The second-order valence-electron chi connectivity index (χ2n) is 2.32. The SMILES string of the molecule is COc1cnc(Cl)c2c1C=[C+]N2. The number of halogens is 1. The van der Waals surface area contributed by atoms with Gasteiger partial charge in [-0.3, -0.25) is 0 Å². The molecule has 0 saturated heterocycles. The first kappa shape index (κ1) is 7.35. The Kier molecular flexibility index (Phi) is 1.61. The van der Waals surface area contributed by atoms with E-state index in [0.717, 1.165) is 11.3 Å². The van der Waals surface area contributed by atoms with E-state index in [1.807, 2.05) is 0 Å². The van der Waals surface area contributed by atoms with E-state index in [9.17, 15) is 0 Å². The Morgan fingerprint density at radius 2 is 2.50 bits per heavy atom. The van der Waals surface area contributed by atoms with Crippen molar-refractivity contribution in [2.75, 3.05) is 12.4 Å². The van der Waals surface area contributed by atoms with Crippen LogP contribution in [0, 0.1) is 6.20 Å². The van der Waals surface area contributed by atoms with E-state index in [1.165, 1.54) is 0 Å². The smallest absolute Gasteiger partial charge is 0.240 e. The third kappa shape index (κ3) is 0.916. The van der Waals surface area contributed by atoms with Gasteiger partial charge in [0.1, 0.15) is 12.3 Å². The number of methoxy groups -OCH3 is 1. The highest BCUT2D eigenvalue weighted by Crippen LogP contribution is 2.35. The molecule has 4 heteroatoms. The van der Waals surface area contributed by atoms with E-state index < -0.39 is 0 Å². The average molecular weight is 182 g/mol. The molecule has 0 atom stereocenters. The molecule has 3 nitrogen and oxygen atoms in total. The monoisotopic (exact) mass is 181 g/mol. The Morgan fingerprint density at radius 1 is 1.67 bits per heavy atom. The molecule has 12 heavy (non-hydrogen) atoms. The van der Waals surface area contributed by atoms with Gasteiger partial charge in [0.25, 0.3) is 0 Å². The van der Waals surface area contributed by atoms with Crippen LogP contribution in [0.4, 0.5) is 5.69 Å². The van der Waals surface area contributed by atoms with Crippen LogP contribution < -0.4 is 10.1 Å². The standard InChI is InChI=1S/C8H6ClN2O/c1-12-6-4-11-8(9)7-5(6)2-3-10-7/h2,4,10H,1H3/q+1. The molecular weight excluding hydrogens is 176 g/mol. The predicted molar refractivity (Wildman–Crippen MR) is 47.1 cm³/mol. The van der Waals surface area contributed by atoms with E-state index >= 15 is 0 Å². The van der Waals surface area contributed by atoms with E-state index in [0.29, 0.717) is 10.9 Å². The van der Waals surface area contributed by atoms with Crippen molar-refractivity contribution in [1.82, 2.24) is 4.98 Å². The molecule has 0 radical (unpaired) electrons. The zero-order valence-electron chi connectivity index (χ0n) is 6.39. The quantitative estimate of drug-likeness (QED) is 0.531. The van der Waals surface area contributed by atoms with Gasteiger partial charge in [-0.15, -0.1) is 0 Å². The topological polar surface area (TPSA) is 34.1 Å². The summed E-state index contributed by atoms with van der Waals surface area (Å²) in [5.41, 5.74) is 1.66. The van der Waals surface area contributed by atoms with Crippen LogP contribution >= 0.6 is 11.6 Å². The van der Waals surface area contributed by atoms with Crippen LogP contribution in [0.1, 0.15) is 5.56 Å². The van der Waals surface area contributed by atoms with Crippen LogP contribution in [0.3, 0.4) is 0 Å². The molecular formula is C8H6ClN2O+. The van der Waals surface area contributed by atoms with Gasteiger partial charge in [0.15, 0.2) is 0 Å². The lowest BCUT2D eigenvalue weighted by molar-refractivity contribution is 0.412. The van der Waals surface area contributed by atoms with Gasteiger partial charge < -0.3 is 4.74 Å². The van der Waals surface area contributed by atoms with Gasteiger partial charge in [-0.25, -0.2) is 4.98 Å². The molecule has 1 aliphatic heterocycles. The molecule has 2 rings (SSSR count). The number of pyridine rings is 1. The molecule has 0 aliphatic carbocycles. The van der Waals surface area contributed by atoms with Crippen molar-refractivity contribution in [3.05, 3.63) is 23.1 Å². The first-order valence-corrected chi connectivity index (χ1v) is 3.78. The number of fused-ring (bicyclic) bond motifs is 1. The molecule has 1 N–H and O–H groups in total. The van der Waals surface area contributed by atoms with Gasteiger partial charge in [-0.05, 0) is 11.6 Å². The molecule has 2 heterocycles. The summed E-state index contributed by atoms with van der Waals surface area (Å²) in [7, 11) is 1.59. The number of nitrogens with one attached hydrogen (secondary N) is 1. The normalized spacial score (nSPS) is 11.8. The van der Waals surface area contributed by atoms with Gasteiger partial charge in [0.05, 0.1) is 13.3 Å². The summed E-state index contributed by atoms with van der Waals surface area (Å²) in [6, 6.07) is 0. The van der Waals surface area contributed by atoms with Crippen molar-refractivity contribution in [1.29, 1.82) is 0 Å². The molecule has 0 spiro atoms. The van der Waals surface area contributed by atoms with Gasteiger partial charge in [0.2, 0.25) is 22.2 Å². The minimum absolute atomic E-state index is 0.437. The Hall–Kier alpha value is -1.31. The summed E-state index contributed by atoms with van der Waals surface area (Å²) in [5.74, 6) is 0.701. The lowest BCUT2D eigenvalue weighted by Gasteiger charge is -1.97. The second-order valence-corrected chi connectivity index (χ2v) is 2.68. The Balaban J connectivity index is 2.62. The maximum absolute atomic E-state index is 5.81. The third-order valence-electron chi connectivity index (χ3n) is 1.67. The zero-order chi connectivity index (χ0) is 8.55. The summed E-state index contributed by atoms with van der Waals surface area (Å²) in [4.78, 5) is 3.94. The summed E-state index contributed by atoms with van der Waals surface area (Å²) in [6.07, 6.45) is 6.19. The molecule has 0 saturated carbocycles. The highest BCUT2D eigenvalue weighted by atomic mass is 35.5. The first-order chi connectivity index (χ1) is 5.83. The fourth-order valence-corrected chi connectivity index (χ4v) is 1.29. The maximum atomic E-state index is 5.81. The van der Waals surface area contributed by atoms with E-state index in [4.69, 9.17) is 16.3 Å². The number of ether oxygens (including phenoxy) is 1. The molecule has 0 amide bonds. The number of aromatic nitrogens is 1. The number of anilines is 1. The fourth-order valence-electron chi connectivity index (χ4n) is 1.09. The van der Waals surface area contributed by atoms with Gasteiger partial charge in [0, 0.05) is 0 Å². The third-order valence-corrected chi connectivity index (χ3v) is 1.96. The first-order valence-electron chi connectivity index (χ1n) is 3.40. The second kappa shape index (κ2) is 2.63. The fraction of sp³-hybridized carbons (Fsp3) is 0.125.